The fourth-order valence-electron chi connectivity index (χ4n) is 2.43. The first-order valence-corrected chi connectivity index (χ1v) is 6.04. The van der Waals surface area contributed by atoms with Crippen LogP contribution in [-0.2, 0) is 6.54 Å². The van der Waals surface area contributed by atoms with Crippen molar-refractivity contribution in [3.63, 3.8) is 0 Å². The molecule has 0 saturated carbocycles. The van der Waals surface area contributed by atoms with Crippen LogP contribution in [0.15, 0.2) is 22.8 Å². The summed E-state index contributed by atoms with van der Waals surface area (Å²) < 4.78 is 5.37. The van der Waals surface area contributed by atoms with Gasteiger partial charge in [0.2, 0.25) is 0 Å². The van der Waals surface area contributed by atoms with Crippen LogP contribution in [-0.4, -0.2) is 42.0 Å². The molecule has 1 aromatic rings. The van der Waals surface area contributed by atoms with Gasteiger partial charge in [0.1, 0.15) is 5.76 Å². The third-order valence-electron chi connectivity index (χ3n) is 3.55. The Labute approximate surface area is 102 Å². The fourth-order valence-corrected chi connectivity index (χ4v) is 2.43. The van der Waals surface area contributed by atoms with E-state index < -0.39 is 0 Å². The van der Waals surface area contributed by atoms with Gasteiger partial charge in [-0.25, -0.2) is 0 Å². The number of rotatable bonds is 3. The maximum Gasteiger partial charge on any atom is 0.117 e. The van der Waals surface area contributed by atoms with E-state index in [0.717, 1.165) is 25.4 Å². The number of hydrogen-bond donors (Lipinski definition) is 0. The smallest absolute Gasteiger partial charge is 0.117 e. The minimum Gasteiger partial charge on any atom is -0.468 e. The van der Waals surface area contributed by atoms with E-state index in [4.69, 9.17) is 9.68 Å². The van der Waals surface area contributed by atoms with Gasteiger partial charge >= 0.3 is 0 Å². The van der Waals surface area contributed by atoms with Crippen molar-refractivity contribution in [2.24, 2.45) is 0 Å². The normalized spacial score (nSPS) is 26.9. The molecule has 1 fully saturated rings. The first-order chi connectivity index (χ1) is 8.20. The van der Waals surface area contributed by atoms with E-state index in [0.29, 0.717) is 18.5 Å². The number of likely N-dealkylation sites (N-methyl/N-ethyl adjacent to an activating group) is 1. The molecule has 0 spiro atoms. The molecule has 2 rings (SSSR count). The number of piperazine rings is 1. The molecule has 1 aliphatic heterocycles. The van der Waals surface area contributed by atoms with Crippen molar-refractivity contribution >= 4 is 0 Å². The van der Waals surface area contributed by atoms with Crippen LogP contribution in [0.3, 0.4) is 0 Å². The number of nitrogens with zero attached hydrogens (tertiary/aromatic N) is 3. The molecular weight excluding hydrogens is 214 g/mol. The Hall–Kier alpha value is -1.31. The average molecular weight is 233 g/mol. The molecule has 4 heteroatoms. The molecule has 4 nitrogen and oxygen atoms in total. The van der Waals surface area contributed by atoms with Crippen molar-refractivity contribution in [1.82, 2.24) is 9.80 Å². The van der Waals surface area contributed by atoms with Gasteiger partial charge in [0.25, 0.3) is 0 Å². The van der Waals surface area contributed by atoms with E-state index in [2.05, 4.69) is 29.8 Å². The molecule has 0 bridgehead atoms. The summed E-state index contributed by atoms with van der Waals surface area (Å²) in [4.78, 5) is 4.67. The lowest BCUT2D eigenvalue weighted by molar-refractivity contribution is 0.0456. The molecule has 2 atom stereocenters. The third kappa shape index (κ3) is 2.87. The molecule has 2 heterocycles. The molecule has 2 unspecified atom stereocenters. The van der Waals surface area contributed by atoms with Crippen molar-refractivity contribution in [2.75, 3.05) is 20.1 Å². The Morgan fingerprint density at radius 2 is 2.35 bits per heavy atom. The topological polar surface area (TPSA) is 43.4 Å². The minimum atomic E-state index is 0.332. The van der Waals surface area contributed by atoms with Gasteiger partial charge in [-0.2, -0.15) is 5.26 Å². The van der Waals surface area contributed by atoms with Gasteiger partial charge in [-0.3, -0.25) is 9.80 Å². The second kappa shape index (κ2) is 5.35. The summed E-state index contributed by atoms with van der Waals surface area (Å²) in [5, 5.41) is 8.85. The monoisotopic (exact) mass is 233 g/mol. The summed E-state index contributed by atoms with van der Waals surface area (Å²) in [6, 6.07) is 7.01. The fraction of sp³-hybridized carbons (Fsp3) is 0.615. The summed E-state index contributed by atoms with van der Waals surface area (Å²) in [6.45, 7) is 5.01. The van der Waals surface area contributed by atoms with E-state index in [1.165, 1.54) is 0 Å². The Morgan fingerprint density at radius 1 is 1.53 bits per heavy atom. The van der Waals surface area contributed by atoms with Crippen molar-refractivity contribution in [3.05, 3.63) is 24.2 Å². The Bertz CT molecular complexity index is 382. The molecule has 17 heavy (non-hydrogen) atoms. The van der Waals surface area contributed by atoms with Crippen LogP contribution in [0.25, 0.3) is 0 Å². The quantitative estimate of drug-likeness (QED) is 0.797. The second-order valence-electron chi connectivity index (χ2n) is 4.80. The first-order valence-electron chi connectivity index (χ1n) is 6.04. The number of furan rings is 1. The molecule has 0 amide bonds. The molecule has 1 aliphatic rings. The first kappa shape index (κ1) is 12.2. The predicted octanol–water partition coefficient (Wildman–Crippen LogP) is 1.70. The molecule has 0 N–H and O–H groups in total. The summed E-state index contributed by atoms with van der Waals surface area (Å²) in [6.07, 6.45) is 2.30. The van der Waals surface area contributed by atoms with E-state index in [1.807, 2.05) is 12.1 Å². The van der Waals surface area contributed by atoms with Crippen LogP contribution in [0.5, 0.6) is 0 Å². The molecule has 1 aromatic heterocycles. The van der Waals surface area contributed by atoms with Crippen molar-refractivity contribution in [3.8, 4) is 6.07 Å². The van der Waals surface area contributed by atoms with E-state index in [9.17, 15) is 0 Å². The van der Waals surface area contributed by atoms with Crippen molar-refractivity contribution in [2.45, 2.75) is 32.0 Å². The van der Waals surface area contributed by atoms with Gasteiger partial charge in [0, 0.05) is 25.2 Å². The molecule has 0 radical (unpaired) electrons. The minimum absolute atomic E-state index is 0.332. The highest BCUT2D eigenvalue weighted by atomic mass is 16.3. The molecule has 0 aliphatic carbocycles. The highest BCUT2D eigenvalue weighted by Crippen LogP contribution is 2.18. The Balaban J connectivity index is 1.98. The second-order valence-corrected chi connectivity index (χ2v) is 4.80. The van der Waals surface area contributed by atoms with E-state index in [-0.39, 0.29) is 0 Å². The van der Waals surface area contributed by atoms with Crippen LogP contribution in [0, 0.1) is 11.3 Å². The summed E-state index contributed by atoms with van der Waals surface area (Å²) in [5.74, 6) is 0.998. The van der Waals surface area contributed by atoms with Crippen LogP contribution < -0.4 is 0 Å². The van der Waals surface area contributed by atoms with Crippen molar-refractivity contribution in [1.29, 1.82) is 5.26 Å². The highest BCUT2D eigenvalue weighted by Gasteiger charge is 2.29. The lowest BCUT2D eigenvalue weighted by Gasteiger charge is -2.42. The molecule has 92 valence electrons. The summed E-state index contributed by atoms with van der Waals surface area (Å²) in [7, 11) is 2.11. The van der Waals surface area contributed by atoms with Crippen LogP contribution >= 0.6 is 0 Å². The van der Waals surface area contributed by atoms with Gasteiger partial charge in [0.05, 0.1) is 25.3 Å². The third-order valence-corrected chi connectivity index (χ3v) is 3.55. The largest absolute Gasteiger partial charge is 0.468 e. The predicted molar refractivity (Wildman–Crippen MR) is 65.2 cm³/mol. The van der Waals surface area contributed by atoms with Gasteiger partial charge in [-0.15, -0.1) is 0 Å². The van der Waals surface area contributed by atoms with Gasteiger partial charge in [-0.05, 0) is 26.1 Å². The average Bonchev–Trinajstić information content (AvgIpc) is 2.78. The van der Waals surface area contributed by atoms with Crippen LogP contribution in [0.4, 0.5) is 0 Å². The molecule has 0 aromatic carbocycles. The summed E-state index contributed by atoms with van der Waals surface area (Å²) in [5.41, 5.74) is 0. The zero-order valence-corrected chi connectivity index (χ0v) is 10.5. The molecular formula is C13H19N3O. The standard InChI is InChI=1S/C13H19N3O/c1-11-8-16(10-13-4-3-7-17-13)9-12(5-6-14)15(11)2/h3-4,7,11-12H,5,8-10H2,1-2H3. The Morgan fingerprint density at radius 3 is 3.00 bits per heavy atom. The maximum atomic E-state index is 8.85. The highest BCUT2D eigenvalue weighted by molar-refractivity contribution is 4.99. The maximum absolute atomic E-state index is 8.85. The summed E-state index contributed by atoms with van der Waals surface area (Å²) >= 11 is 0. The van der Waals surface area contributed by atoms with Crippen LogP contribution in [0.2, 0.25) is 0 Å². The molecule has 1 saturated heterocycles. The lowest BCUT2D eigenvalue weighted by atomic mass is 10.1. The SMILES string of the molecule is CC1CN(Cc2ccco2)CC(CC#N)N1C. The number of hydrogen-bond acceptors (Lipinski definition) is 4. The lowest BCUT2D eigenvalue weighted by Crippen LogP contribution is -2.55. The van der Waals surface area contributed by atoms with Gasteiger partial charge in [-0.1, -0.05) is 0 Å². The van der Waals surface area contributed by atoms with Crippen LogP contribution in [0.1, 0.15) is 19.1 Å². The van der Waals surface area contributed by atoms with E-state index >= 15 is 0 Å². The zero-order valence-electron chi connectivity index (χ0n) is 10.5. The van der Waals surface area contributed by atoms with E-state index in [1.54, 1.807) is 6.26 Å². The van der Waals surface area contributed by atoms with Gasteiger partial charge in [0.15, 0.2) is 0 Å². The van der Waals surface area contributed by atoms with Crippen molar-refractivity contribution < 1.29 is 4.42 Å². The van der Waals surface area contributed by atoms with Gasteiger partial charge < -0.3 is 4.42 Å². The number of nitriles is 1. The zero-order chi connectivity index (χ0) is 12.3. The Kier molecular flexibility index (Phi) is 3.82.